The first kappa shape index (κ1) is 23.4. The zero-order valence-corrected chi connectivity index (χ0v) is 20.4. The van der Waals surface area contributed by atoms with Gasteiger partial charge in [-0.1, -0.05) is 0 Å². The van der Waals surface area contributed by atoms with Crippen LogP contribution in [0.4, 0.5) is 16.2 Å². The maximum atomic E-state index is 12.6. The molecule has 3 fully saturated rings. The predicted molar refractivity (Wildman–Crippen MR) is 134 cm³/mol. The van der Waals surface area contributed by atoms with Crippen LogP contribution in [0.1, 0.15) is 44.6 Å². The van der Waals surface area contributed by atoms with Gasteiger partial charge in [-0.15, -0.1) is 0 Å². The molecule has 0 saturated carbocycles. The highest BCUT2D eigenvalue weighted by atomic mass is 16.6. The molecule has 0 aliphatic carbocycles. The van der Waals surface area contributed by atoms with Crippen LogP contribution in [-0.2, 0) is 4.74 Å². The summed E-state index contributed by atoms with van der Waals surface area (Å²) < 4.78 is 11.8. The number of hydrogen-bond acceptors (Lipinski definition) is 7. The Morgan fingerprint density at radius 3 is 2.69 bits per heavy atom. The van der Waals surface area contributed by atoms with Gasteiger partial charge in [-0.25, -0.2) is 4.79 Å². The molecule has 0 bridgehead atoms. The van der Waals surface area contributed by atoms with Crippen molar-refractivity contribution in [1.29, 1.82) is 5.26 Å². The highest BCUT2D eigenvalue weighted by molar-refractivity contribution is 5.90. The first-order valence-electron chi connectivity index (χ1n) is 12.6. The number of carbonyl (C=O) groups is 1. The Labute approximate surface area is 207 Å². The second-order valence-electron chi connectivity index (χ2n) is 9.89. The number of likely N-dealkylation sites (tertiary alicyclic amines) is 1. The van der Waals surface area contributed by atoms with E-state index >= 15 is 0 Å². The van der Waals surface area contributed by atoms with Crippen LogP contribution < -0.4 is 14.5 Å². The van der Waals surface area contributed by atoms with Crippen molar-refractivity contribution < 1.29 is 14.3 Å². The van der Waals surface area contributed by atoms with Gasteiger partial charge in [0, 0.05) is 50.4 Å². The molecule has 8 nitrogen and oxygen atoms in total. The van der Waals surface area contributed by atoms with Gasteiger partial charge >= 0.3 is 6.09 Å². The summed E-state index contributed by atoms with van der Waals surface area (Å²) in [5.41, 5.74) is 1.70. The van der Waals surface area contributed by atoms with E-state index in [9.17, 15) is 4.79 Å². The maximum absolute atomic E-state index is 12.6. The molecular weight excluding hydrogens is 442 g/mol. The monoisotopic (exact) mass is 475 g/mol. The summed E-state index contributed by atoms with van der Waals surface area (Å²) in [6.45, 7) is 7.49. The average molecular weight is 476 g/mol. The number of ether oxygens (including phenoxy) is 2. The van der Waals surface area contributed by atoms with E-state index in [4.69, 9.17) is 14.7 Å². The molecule has 1 spiro atoms. The minimum absolute atomic E-state index is 0.365. The van der Waals surface area contributed by atoms with Crippen LogP contribution in [0.3, 0.4) is 0 Å². The van der Waals surface area contributed by atoms with Gasteiger partial charge in [0.2, 0.25) is 0 Å². The molecule has 0 N–H and O–H groups in total. The van der Waals surface area contributed by atoms with E-state index in [0.717, 1.165) is 56.9 Å². The Hall–Kier alpha value is -3.31. The molecule has 3 aliphatic heterocycles. The van der Waals surface area contributed by atoms with Crippen molar-refractivity contribution >= 4 is 17.5 Å². The van der Waals surface area contributed by atoms with Gasteiger partial charge in [-0.2, -0.15) is 5.26 Å². The molecule has 2 aromatic rings. The van der Waals surface area contributed by atoms with Crippen molar-refractivity contribution in [3.05, 3.63) is 48.3 Å². The van der Waals surface area contributed by atoms with E-state index in [1.807, 2.05) is 12.1 Å². The van der Waals surface area contributed by atoms with Crippen molar-refractivity contribution in [3.63, 3.8) is 0 Å². The third-order valence-corrected chi connectivity index (χ3v) is 7.56. The number of amides is 1. The van der Waals surface area contributed by atoms with Gasteiger partial charge in [-0.3, -0.25) is 9.88 Å². The Bertz CT molecular complexity index is 1070. The number of hydrogen-bond donors (Lipinski definition) is 0. The van der Waals surface area contributed by atoms with E-state index in [1.54, 1.807) is 17.2 Å². The predicted octanol–water partition coefficient (Wildman–Crippen LogP) is 4.20. The van der Waals surface area contributed by atoms with Gasteiger partial charge in [-0.05, 0) is 63.1 Å². The van der Waals surface area contributed by atoms with Crippen LogP contribution in [0, 0.1) is 11.3 Å². The number of carbonyl (C=O) groups excluding carboxylic acids is 1. The topological polar surface area (TPSA) is 81.9 Å². The lowest BCUT2D eigenvalue weighted by molar-refractivity contribution is 0.0367. The molecule has 3 saturated heterocycles. The van der Waals surface area contributed by atoms with E-state index in [-0.39, 0.29) is 6.09 Å². The SMILES string of the molecule is C[C@@H]1CCCN1CCCOc1ccc(N2CCC3(CC2)CN(c2cncc(C#N)c2)C(=O)O3)cc1. The summed E-state index contributed by atoms with van der Waals surface area (Å²) in [6.07, 6.45) is 7.92. The lowest BCUT2D eigenvalue weighted by Crippen LogP contribution is -2.47. The zero-order valence-electron chi connectivity index (χ0n) is 20.4. The van der Waals surface area contributed by atoms with Crippen LogP contribution in [-0.4, -0.2) is 67.0 Å². The molecule has 3 aliphatic rings. The third-order valence-electron chi connectivity index (χ3n) is 7.56. The standard InChI is InChI=1S/C27H33N5O3/c1-21-4-2-11-30(21)12-3-15-34-25-7-5-23(6-8-25)31-13-9-27(10-14-31)20-32(26(33)35-27)24-16-22(17-28)18-29-19-24/h5-8,16,18-19,21H,2-4,9-15,20H2,1H3/t21-/m1/s1. The minimum Gasteiger partial charge on any atom is -0.494 e. The van der Waals surface area contributed by atoms with Crippen molar-refractivity contribution in [2.75, 3.05) is 49.1 Å². The fourth-order valence-corrected chi connectivity index (χ4v) is 5.43. The van der Waals surface area contributed by atoms with Gasteiger partial charge in [0.1, 0.15) is 17.4 Å². The quantitative estimate of drug-likeness (QED) is 0.555. The molecule has 1 amide bonds. The lowest BCUT2D eigenvalue weighted by atomic mass is 9.91. The van der Waals surface area contributed by atoms with Crippen LogP contribution >= 0.6 is 0 Å². The maximum Gasteiger partial charge on any atom is 0.415 e. The van der Waals surface area contributed by atoms with E-state index in [1.165, 1.54) is 25.6 Å². The molecule has 5 rings (SSSR count). The molecule has 184 valence electrons. The van der Waals surface area contributed by atoms with E-state index in [0.29, 0.717) is 23.8 Å². The van der Waals surface area contributed by atoms with Crippen LogP contribution in [0.2, 0.25) is 0 Å². The molecule has 0 radical (unpaired) electrons. The Balaban J connectivity index is 1.11. The molecule has 1 atom stereocenters. The number of pyridine rings is 1. The highest BCUT2D eigenvalue weighted by Gasteiger charge is 2.47. The molecule has 1 aromatic carbocycles. The first-order chi connectivity index (χ1) is 17.0. The second kappa shape index (κ2) is 10.1. The zero-order chi connectivity index (χ0) is 24.3. The number of aromatic nitrogens is 1. The lowest BCUT2D eigenvalue weighted by Gasteiger charge is -2.38. The Kier molecular flexibility index (Phi) is 6.78. The van der Waals surface area contributed by atoms with Gasteiger partial charge in [0.25, 0.3) is 0 Å². The molecule has 0 unspecified atom stereocenters. The summed E-state index contributed by atoms with van der Waals surface area (Å²) in [5, 5.41) is 9.13. The largest absolute Gasteiger partial charge is 0.494 e. The summed E-state index contributed by atoms with van der Waals surface area (Å²) in [7, 11) is 0. The van der Waals surface area contributed by atoms with Gasteiger partial charge in [0.15, 0.2) is 0 Å². The van der Waals surface area contributed by atoms with Crippen molar-refractivity contribution in [2.24, 2.45) is 0 Å². The highest BCUT2D eigenvalue weighted by Crippen LogP contribution is 2.37. The fraction of sp³-hybridized carbons (Fsp3) is 0.519. The molecular formula is C27H33N5O3. The van der Waals surface area contributed by atoms with Crippen molar-refractivity contribution in [2.45, 2.75) is 50.7 Å². The second-order valence-corrected chi connectivity index (χ2v) is 9.89. The summed E-state index contributed by atoms with van der Waals surface area (Å²) in [5.74, 6) is 0.908. The molecule has 35 heavy (non-hydrogen) atoms. The number of benzene rings is 1. The fourth-order valence-electron chi connectivity index (χ4n) is 5.43. The number of nitriles is 1. The number of anilines is 2. The van der Waals surface area contributed by atoms with Gasteiger partial charge < -0.3 is 19.3 Å². The average Bonchev–Trinajstić information content (AvgIpc) is 3.45. The third kappa shape index (κ3) is 5.20. The Morgan fingerprint density at radius 2 is 1.97 bits per heavy atom. The molecule has 4 heterocycles. The summed E-state index contributed by atoms with van der Waals surface area (Å²) >= 11 is 0. The number of nitrogens with zero attached hydrogens (tertiary/aromatic N) is 5. The van der Waals surface area contributed by atoms with Crippen LogP contribution in [0.5, 0.6) is 5.75 Å². The number of piperidine rings is 1. The summed E-state index contributed by atoms with van der Waals surface area (Å²) in [4.78, 5) is 23.2. The minimum atomic E-state index is -0.494. The summed E-state index contributed by atoms with van der Waals surface area (Å²) in [6, 6.07) is 12.8. The van der Waals surface area contributed by atoms with Crippen LogP contribution in [0.25, 0.3) is 0 Å². The normalized spacial score (nSPS) is 21.8. The van der Waals surface area contributed by atoms with Crippen molar-refractivity contribution in [3.8, 4) is 11.8 Å². The van der Waals surface area contributed by atoms with Crippen LogP contribution in [0.15, 0.2) is 42.7 Å². The molecule has 8 heteroatoms. The Morgan fingerprint density at radius 1 is 1.17 bits per heavy atom. The van der Waals surface area contributed by atoms with E-state index in [2.05, 4.69) is 39.9 Å². The van der Waals surface area contributed by atoms with E-state index < -0.39 is 5.60 Å². The molecule has 1 aromatic heterocycles. The van der Waals surface area contributed by atoms with Crippen molar-refractivity contribution in [1.82, 2.24) is 9.88 Å². The van der Waals surface area contributed by atoms with Gasteiger partial charge in [0.05, 0.1) is 30.6 Å². The first-order valence-corrected chi connectivity index (χ1v) is 12.6. The smallest absolute Gasteiger partial charge is 0.415 e. The number of rotatable bonds is 7.